The summed E-state index contributed by atoms with van der Waals surface area (Å²) >= 11 is 5.75. The van der Waals surface area contributed by atoms with Crippen LogP contribution in [0.1, 0.15) is 25.0 Å². The molecule has 0 saturated carbocycles. The standard InChI is InChI=1S/C12H16ClNO4/c1-2-18-11(16)6-10(15)12(17)7-3-4-8(13)9(14)5-7/h3-5,10,12,15,17H,2,6,14H2,1H3. The molecule has 6 heteroatoms. The zero-order valence-electron chi connectivity index (χ0n) is 9.97. The van der Waals surface area contributed by atoms with Crippen molar-refractivity contribution < 1.29 is 19.7 Å². The van der Waals surface area contributed by atoms with Gasteiger partial charge in [-0.15, -0.1) is 0 Å². The fraction of sp³-hybridized carbons (Fsp3) is 0.417. The highest BCUT2D eigenvalue weighted by atomic mass is 35.5. The molecule has 0 bridgehead atoms. The maximum atomic E-state index is 11.2. The van der Waals surface area contributed by atoms with Crippen LogP contribution in [-0.4, -0.2) is 28.9 Å². The molecule has 2 atom stereocenters. The molecule has 1 rings (SSSR count). The molecule has 5 nitrogen and oxygen atoms in total. The molecule has 18 heavy (non-hydrogen) atoms. The number of ether oxygens (including phenoxy) is 1. The van der Waals surface area contributed by atoms with E-state index in [1.807, 2.05) is 0 Å². The van der Waals surface area contributed by atoms with Gasteiger partial charge in [0.05, 0.1) is 29.8 Å². The van der Waals surface area contributed by atoms with Crippen molar-refractivity contribution in [3.63, 3.8) is 0 Å². The molecule has 0 aliphatic heterocycles. The summed E-state index contributed by atoms with van der Waals surface area (Å²) in [6.45, 7) is 1.90. The maximum absolute atomic E-state index is 11.2. The number of benzene rings is 1. The lowest BCUT2D eigenvalue weighted by Gasteiger charge is -2.18. The number of hydrogen-bond donors (Lipinski definition) is 3. The van der Waals surface area contributed by atoms with Crippen LogP contribution < -0.4 is 5.73 Å². The van der Waals surface area contributed by atoms with Gasteiger partial charge in [-0.2, -0.15) is 0 Å². The van der Waals surface area contributed by atoms with Gasteiger partial charge in [-0.3, -0.25) is 4.79 Å². The summed E-state index contributed by atoms with van der Waals surface area (Å²) in [4.78, 5) is 11.2. The first kappa shape index (κ1) is 14.8. The normalized spacial score (nSPS) is 14.0. The van der Waals surface area contributed by atoms with E-state index in [1.54, 1.807) is 6.92 Å². The number of aliphatic hydroxyl groups is 2. The molecule has 0 saturated heterocycles. The number of halogens is 1. The summed E-state index contributed by atoms with van der Waals surface area (Å²) in [6, 6.07) is 4.52. The predicted octanol–water partition coefficient (Wildman–Crippen LogP) is 1.27. The molecule has 1 aromatic rings. The second kappa shape index (κ2) is 6.58. The predicted molar refractivity (Wildman–Crippen MR) is 68.1 cm³/mol. The van der Waals surface area contributed by atoms with Crippen LogP contribution in [0.4, 0.5) is 5.69 Å². The van der Waals surface area contributed by atoms with Gasteiger partial charge in [0.25, 0.3) is 0 Å². The highest BCUT2D eigenvalue weighted by Crippen LogP contribution is 2.25. The third kappa shape index (κ3) is 3.87. The fourth-order valence-corrected chi connectivity index (χ4v) is 1.59. The maximum Gasteiger partial charge on any atom is 0.308 e. The van der Waals surface area contributed by atoms with Gasteiger partial charge in [0.2, 0.25) is 0 Å². The molecule has 100 valence electrons. The Labute approximate surface area is 110 Å². The lowest BCUT2D eigenvalue weighted by Crippen LogP contribution is -2.23. The van der Waals surface area contributed by atoms with Gasteiger partial charge in [-0.1, -0.05) is 17.7 Å². The molecule has 2 unspecified atom stereocenters. The topological polar surface area (TPSA) is 92.8 Å². The summed E-state index contributed by atoms with van der Waals surface area (Å²) in [6.07, 6.45) is -2.74. The first-order chi connectivity index (χ1) is 8.45. The van der Waals surface area contributed by atoms with Crippen LogP contribution in [0.3, 0.4) is 0 Å². The van der Waals surface area contributed by atoms with Crippen molar-refractivity contribution in [3.8, 4) is 0 Å². The molecule has 0 fully saturated rings. The van der Waals surface area contributed by atoms with Crippen LogP contribution in [0.5, 0.6) is 0 Å². The number of aliphatic hydroxyl groups excluding tert-OH is 2. The summed E-state index contributed by atoms with van der Waals surface area (Å²) in [5.74, 6) is -0.564. The second-order valence-corrected chi connectivity index (χ2v) is 4.21. The van der Waals surface area contributed by atoms with Gasteiger partial charge in [0, 0.05) is 0 Å². The van der Waals surface area contributed by atoms with Crippen LogP contribution in [0, 0.1) is 0 Å². The number of carbonyl (C=O) groups is 1. The molecular weight excluding hydrogens is 258 g/mol. The molecule has 0 aromatic heterocycles. The van der Waals surface area contributed by atoms with Crippen molar-refractivity contribution in [2.75, 3.05) is 12.3 Å². The van der Waals surface area contributed by atoms with Crippen molar-refractivity contribution in [2.24, 2.45) is 0 Å². The van der Waals surface area contributed by atoms with Crippen LogP contribution in [-0.2, 0) is 9.53 Å². The minimum absolute atomic E-state index is 0.232. The monoisotopic (exact) mass is 273 g/mol. The van der Waals surface area contributed by atoms with E-state index < -0.39 is 18.2 Å². The molecular formula is C12H16ClNO4. The average Bonchev–Trinajstić information content (AvgIpc) is 2.32. The molecule has 4 N–H and O–H groups in total. The van der Waals surface area contributed by atoms with Gasteiger partial charge >= 0.3 is 5.97 Å². The Hall–Kier alpha value is -1.30. The third-order valence-electron chi connectivity index (χ3n) is 2.41. The minimum atomic E-state index is -1.25. The van der Waals surface area contributed by atoms with E-state index in [0.29, 0.717) is 16.3 Å². The number of esters is 1. The second-order valence-electron chi connectivity index (χ2n) is 3.80. The number of nitrogen functional groups attached to an aromatic ring is 1. The Balaban J connectivity index is 2.70. The molecule has 0 heterocycles. The van der Waals surface area contributed by atoms with Crippen LogP contribution in [0.2, 0.25) is 5.02 Å². The van der Waals surface area contributed by atoms with Crippen LogP contribution >= 0.6 is 11.6 Å². The summed E-state index contributed by atoms with van der Waals surface area (Å²) in [7, 11) is 0. The first-order valence-corrected chi connectivity index (χ1v) is 5.90. The number of nitrogens with two attached hydrogens (primary N) is 1. The summed E-state index contributed by atoms with van der Waals surface area (Å²) < 4.78 is 4.69. The SMILES string of the molecule is CCOC(=O)CC(O)C(O)c1ccc(Cl)c(N)c1. The molecule has 0 aliphatic rings. The lowest BCUT2D eigenvalue weighted by molar-refractivity contribution is -0.147. The molecule has 1 aromatic carbocycles. The largest absolute Gasteiger partial charge is 0.466 e. The number of carbonyl (C=O) groups excluding carboxylic acids is 1. The Bertz CT molecular complexity index is 425. The molecule has 0 amide bonds. The van der Waals surface area contributed by atoms with Gasteiger partial charge < -0.3 is 20.7 Å². The van der Waals surface area contributed by atoms with Crippen LogP contribution in [0.25, 0.3) is 0 Å². The quantitative estimate of drug-likeness (QED) is 0.555. The van der Waals surface area contributed by atoms with Crippen molar-refractivity contribution in [2.45, 2.75) is 25.6 Å². The van der Waals surface area contributed by atoms with Gasteiger partial charge in [0.15, 0.2) is 0 Å². The zero-order chi connectivity index (χ0) is 13.7. The Kier molecular flexibility index (Phi) is 5.40. The van der Waals surface area contributed by atoms with Crippen molar-refractivity contribution >= 4 is 23.3 Å². The van der Waals surface area contributed by atoms with E-state index in [1.165, 1.54) is 18.2 Å². The Morgan fingerprint density at radius 3 is 2.72 bits per heavy atom. The number of rotatable bonds is 5. The van der Waals surface area contributed by atoms with E-state index in [4.69, 9.17) is 17.3 Å². The Morgan fingerprint density at radius 2 is 2.17 bits per heavy atom. The van der Waals surface area contributed by atoms with E-state index in [9.17, 15) is 15.0 Å². The average molecular weight is 274 g/mol. The van der Waals surface area contributed by atoms with Gasteiger partial charge in [-0.05, 0) is 24.6 Å². The van der Waals surface area contributed by atoms with E-state index in [0.717, 1.165) is 0 Å². The molecule has 0 spiro atoms. The highest BCUT2D eigenvalue weighted by molar-refractivity contribution is 6.33. The van der Waals surface area contributed by atoms with Crippen molar-refractivity contribution in [3.05, 3.63) is 28.8 Å². The van der Waals surface area contributed by atoms with E-state index in [-0.39, 0.29) is 13.0 Å². The molecule has 0 radical (unpaired) electrons. The zero-order valence-corrected chi connectivity index (χ0v) is 10.7. The minimum Gasteiger partial charge on any atom is -0.466 e. The first-order valence-electron chi connectivity index (χ1n) is 5.52. The lowest BCUT2D eigenvalue weighted by atomic mass is 10.0. The fourth-order valence-electron chi connectivity index (χ4n) is 1.47. The van der Waals surface area contributed by atoms with Gasteiger partial charge in [0.1, 0.15) is 6.10 Å². The summed E-state index contributed by atoms with van der Waals surface area (Å²) in [5.41, 5.74) is 6.29. The smallest absolute Gasteiger partial charge is 0.308 e. The highest BCUT2D eigenvalue weighted by Gasteiger charge is 2.22. The number of anilines is 1. The van der Waals surface area contributed by atoms with E-state index in [2.05, 4.69) is 4.74 Å². The van der Waals surface area contributed by atoms with Crippen molar-refractivity contribution in [1.29, 1.82) is 0 Å². The Morgan fingerprint density at radius 1 is 1.50 bits per heavy atom. The van der Waals surface area contributed by atoms with Crippen LogP contribution in [0.15, 0.2) is 18.2 Å². The third-order valence-corrected chi connectivity index (χ3v) is 2.75. The van der Waals surface area contributed by atoms with Crippen molar-refractivity contribution in [1.82, 2.24) is 0 Å². The van der Waals surface area contributed by atoms with Gasteiger partial charge in [-0.25, -0.2) is 0 Å². The molecule has 0 aliphatic carbocycles. The van der Waals surface area contributed by atoms with E-state index >= 15 is 0 Å². The number of hydrogen-bond acceptors (Lipinski definition) is 5. The summed E-state index contributed by atoms with van der Waals surface area (Å²) in [5, 5.41) is 19.9.